The zero-order valence-electron chi connectivity index (χ0n) is 16.8. The molecule has 30 heavy (non-hydrogen) atoms. The van der Waals surface area contributed by atoms with E-state index in [0.717, 1.165) is 11.3 Å². The molecule has 0 aliphatic rings. The molecule has 0 aromatic carbocycles. The van der Waals surface area contributed by atoms with Gasteiger partial charge < -0.3 is 20.1 Å². The molecule has 0 unspecified atom stereocenters. The molecule has 12 heteroatoms. The molecule has 0 saturated heterocycles. The quantitative estimate of drug-likeness (QED) is 0.288. The summed E-state index contributed by atoms with van der Waals surface area (Å²) in [4.78, 5) is 37.3. The fourth-order valence-corrected chi connectivity index (χ4v) is 4.89. The van der Waals surface area contributed by atoms with Crippen LogP contribution in [-0.2, 0) is 14.3 Å². The highest BCUT2D eigenvalue weighted by Crippen LogP contribution is 2.34. The topological polar surface area (TPSA) is 120 Å². The molecule has 162 valence electrons. The van der Waals surface area contributed by atoms with Gasteiger partial charge in [0.15, 0.2) is 4.34 Å². The van der Waals surface area contributed by atoms with E-state index in [1.165, 1.54) is 23.1 Å². The Hall–Kier alpha value is -2.44. The second-order valence-electron chi connectivity index (χ2n) is 5.58. The Morgan fingerprint density at radius 1 is 1.13 bits per heavy atom. The third kappa shape index (κ3) is 6.28. The SMILES string of the molecule is C=CCNc1nnc(SCC(=O)Nc2sc(C(=O)OCC)c(C)c2C(=O)OCC)s1. The van der Waals surface area contributed by atoms with E-state index in [9.17, 15) is 14.4 Å². The van der Waals surface area contributed by atoms with Crippen LogP contribution >= 0.6 is 34.4 Å². The summed E-state index contributed by atoms with van der Waals surface area (Å²) >= 11 is 3.53. The number of nitrogens with one attached hydrogen (secondary N) is 2. The number of hydrogen-bond donors (Lipinski definition) is 2. The van der Waals surface area contributed by atoms with E-state index < -0.39 is 11.9 Å². The predicted octanol–water partition coefficient (Wildman–Crippen LogP) is 3.59. The zero-order chi connectivity index (χ0) is 22.1. The molecule has 2 heterocycles. The van der Waals surface area contributed by atoms with E-state index in [2.05, 4.69) is 27.4 Å². The van der Waals surface area contributed by atoms with Crippen LogP contribution in [0.25, 0.3) is 0 Å². The van der Waals surface area contributed by atoms with Crippen molar-refractivity contribution in [3.8, 4) is 0 Å². The van der Waals surface area contributed by atoms with E-state index in [-0.39, 0.29) is 40.3 Å². The summed E-state index contributed by atoms with van der Waals surface area (Å²) in [7, 11) is 0. The van der Waals surface area contributed by atoms with Gasteiger partial charge in [-0.1, -0.05) is 29.2 Å². The minimum atomic E-state index is -0.605. The molecule has 0 atom stereocenters. The summed E-state index contributed by atoms with van der Waals surface area (Å²) in [5, 5.41) is 14.6. The van der Waals surface area contributed by atoms with Crippen molar-refractivity contribution in [1.29, 1.82) is 0 Å². The van der Waals surface area contributed by atoms with Gasteiger partial charge in [-0.3, -0.25) is 4.79 Å². The average molecular weight is 471 g/mol. The van der Waals surface area contributed by atoms with Crippen molar-refractivity contribution in [1.82, 2.24) is 10.2 Å². The molecule has 0 spiro atoms. The minimum Gasteiger partial charge on any atom is -0.462 e. The Morgan fingerprint density at radius 3 is 2.50 bits per heavy atom. The molecule has 2 aromatic heterocycles. The lowest BCUT2D eigenvalue weighted by Crippen LogP contribution is -2.16. The Balaban J connectivity index is 2.11. The first-order chi connectivity index (χ1) is 14.4. The molecule has 2 N–H and O–H groups in total. The standard InChI is InChI=1S/C18H22N4O5S3/c1-5-8-19-17-21-22-18(30-17)28-9-11(23)20-14-12(15(24)26-6-2)10(4)13(29-14)16(25)27-7-3/h5H,1,6-9H2,2-4H3,(H,19,21)(H,20,23). The number of ether oxygens (including phenoxy) is 2. The fraction of sp³-hybridized carbons (Fsp3) is 0.389. The van der Waals surface area contributed by atoms with Gasteiger partial charge >= 0.3 is 11.9 Å². The molecule has 0 fully saturated rings. The van der Waals surface area contributed by atoms with Crippen molar-refractivity contribution in [3.63, 3.8) is 0 Å². The molecular weight excluding hydrogens is 448 g/mol. The number of esters is 2. The van der Waals surface area contributed by atoms with Gasteiger partial charge in [-0.25, -0.2) is 9.59 Å². The Labute approximate surface area is 186 Å². The summed E-state index contributed by atoms with van der Waals surface area (Å²) in [5.74, 6) is -1.44. The molecule has 0 bridgehead atoms. The van der Waals surface area contributed by atoms with E-state index in [4.69, 9.17) is 9.47 Å². The monoisotopic (exact) mass is 470 g/mol. The smallest absolute Gasteiger partial charge is 0.348 e. The van der Waals surface area contributed by atoms with Crippen LogP contribution in [0.15, 0.2) is 17.0 Å². The van der Waals surface area contributed by atoms with Crippen molar-refractivity contribution in [2.45, 2.75) is 25.1 Å². The van der Waals surface area contributed by atoms with Crippen LogP contribution in [-0.4, -0.2) is 53.6 Å². The fourth-order valence-electron chi connectivity index (χ4n) is 2.23. The third-order valence-electron chi connectivity index (χ3n) is 3.47. The maximum Gasteiger partial charge on any atom is 0.348 e. The van der Waals surface area contributed by atoms with Crippen LogP contribution in [0.1, 0.15) is 39.4 Å². The number of carbonyl (C=O) groups is 3. The first-order valence-electron chi connectivity index (χ1n) is 8.99. The second-order valence-corrected chi connectivity index (χ2v) is 8.80. The van der Waals surface area contributed by atoms with Gasteiger partial charge in [-0.15, -0.1) is 28.1 Å². The lowest BCUT2D eigenvalue weighted by molar-refractivity contribution is -0.113. The molecule has 1 amide bonds. The lowest BCUT2D eigenvalue weighted by atomic mass is 10.1. The van der Waals surface area contributed by atoms with Crippen molar-refractivity contribution in [2.24, 2.45) is 0 Å². The number of carbonyl (C=O) groups excluding carboxylic acids is 3. The van der Waals surface area contributed by atoms with E-state index in [1.807, 2.05) is 0 Å². The highest BCUT2D eigenvalue weighted by atomic mass is 32.2. The van der Waals surface area contributed by atoms with Gasteiger partial charge in [-0.05, 0) is 26.3 Å². The summed E-state index contributed by atoms with van der Waals surface area (Å²) in [5.41, 5.74) is 0.581. The van der Waals surface area contributed by atoms with Gasteiger partial charge in [0.2, 0.25) is 11.0 Å². The van der Waals surface area contributed by atoms with E-state index >= 15 is 0 Å². The summed E-state index contributed by atoms with van der Waals surface area (Å²) in [6.45, 7) is 9.56. The molecule has 0 aliphatic heterocycles. The Morgan fingerprint density at radius 2 is 1.83 bits per heavy atom. The van der Waals surface area contributed by atoms with Gasteiger partial charge in [0.05, 0.1) is 24.5 Å². The van der Waals surface area contributed by atoms with Crippen LogP contribution in [0.2, 0.25) is 0 Å². The molecule has 0 aliphatic carbocycles. The highest BCUT2D eigenvalue weighted by molar-refractivity contribution is 8.01. The normalized spacial score (nSPS) is 10.4. The first kappa shape index (κ1) is 23.8. The highest BCUT2D eigenvalue weighted by Gasteiger charge is 2.27. The zero-order valence-corrected chi connectivity index (χ0v) is 19.2. The van der Waals surface area contributed by atoms with Crippen LogP contribution in [0.4, 0.5) is 10.1 Å². The molecule has 0 radical (unpaired) electrons. The number of amides is 1. The maximum absolute atomic E-state index is 12.4. The number of anilines is 2. The van der Waals surface area contributed by atoms with E-state index in [1.54, 1.807) is 26.8 Å². The summed E-state index contributed by atoms with van der Waals surface area (Å²) in [6, 6.07) is 0. The molecular formula is C18H22N4O5S3. The van der Waals surface area contributed by atoms with Gasteiger partial charge in [0.1, 0.15) is 9.88 Å². The van der Waals surface area contributed by atoms with Gasteiger partial charge in [0.25, 0.3) is 0 Å². The third-order valence-corrected chi connectivity index (χ3v) is 6.67. The van der Waals surface area contributed by atoms with Crippen molar-refractivity contribution in [2.75, 3.05) is 36.1 Å². The van der Waals surface area contributed by atoms with Crippen molar-refractivity contribution >= 4 is 62.4 Å². The maximum atomic E-state index is 12.4. The summed E-state index contributed by atoms with van der Waals surface area (Å²) in [6.07, 6.45) is 1.70. The minimum absolute atomic E-state index is 0.0596. The largest absolute Gasteiger partial charge is 0.462 e. The summed E-state index contributed by atoms with van der Waals surface area (Å²) < 4.78 is 10.7. The van der Waals surface area contributed by atoms with Gasteiger partial charge in [-0.2, -0.15) is 0 Å². The molecule has 2 aromatic rings. The number of thioether (sulfide) groups is 1. The molecule has 2 rings (SSSR count). The molecule has 9 nitrogen and oxygen atoms in total. The number of rotatable bonds is 11. The van der Waals surface area contributed by atoms with E-state index in [0.29, 0.717) is 21.6 Å². The predicted molar refractivity (Wildman–Crippen MR) is 119 cm³/mol. The number of nitrogens with zero attached hydrogens (tertiary/aromatic N) is 2. The van der Waals surface area contributed by atoms with Crippen LogP contribution < -0.4 is 10.6 Å². The number of hydrogen-bond acceptors (Lipinski definition) is 11. The van der Waals surface area contributed by atoms with Crippen LogP contribution in [0, 0.1) is 6.92 Å². The van der Waals surface area contributed by atoms with Crippen molar-refractivity contribution in [3.05, 3.63) is 28.7 Å². The van der Waals surface area contributed by atoms with Gasteiger partial charge in [0, 0.05) is 6.54 Å². The van der Waals surface area contributed by atoms with Crippen molar-refractivity contribution < 1.29 is 23.9 Å². The lowest BCUT2D eigenvalue weighted by Gasteiger charge is -2.06. The Bertz CT molecular complexity index is 925. The number of aromatic nitrogens is 2. The average Bonchev–Trinajstić information content (AvgIpc) is 3.29. The van der Waals surface area contributed by atoms with Crippen LogP contribution in [0.3, 0.4) is 0 Å². The first-order valence-corrected chi connectivity index (χ1v) is 11.6. The van der Waals surface area contributed by atoms with Crippen LogP contribution in [0.5, 0.6) is 0 Å². The molecule has 0 saturated carbocycles. The Kier molecular flexibility index (Phi) is 9.27. The number of thiophene rings is 1. The second kappa shape index (κ2) is 11.7.